The monoisotopic (exact) mass is 253 g/mol. The van der Waals surface area contributed by atoms with E-state index in [1.807, 2.05) is 7.05 Å². The molecule has 0 saturated heterocycles. The third-order valence-corrected chi connectivity index (χ3v) is 3.17. The average Bonchev–Trinajstić information content (AvgIpc) is 2.33. The smallest absolute Gasteiger partial charge is 0.0271 e. The van der Waals surface area contributed by atoms with Gasteiger partial charge in [0.2, 0.25) is 0 Å². The zero-order valence-corrected chi connectivity index (χ0v) is 12.2. The van der Waals surface area contributed by atoms with E-state index in [9.17, 15) is 0 Å². The minimum atomic E-state index is 0.456. The first-order valence-electron chi connectivity index (χ1n) is 7.06. The van der Waals surface area contributed by atoms with E-state index in [4.69, 9.17) is 5.73 Å². The maximum Gasteiger partial charge on any atom is 0.0271 e. The molecule has 0 bridgehead atoms. The summed E-state index contributed by atoms with van der Waals surface area (Å²) in [5.41, 5.74) is 7.82. The number of nitrogens with two attached hydrogens (primary N) is 1. The van der Waals surface area contributed by atoms with Crippen LogP contribution in [-0.4, -0.2) is 26.2 Å². The molecule has 0 saturated carbocycles. The van der Waals surface area contributed by atoms with Crippen molar-refractivity contribution in [3.8, 4) is 0 Å². The lowest BCUT2D eigenvalue weighted by Crippen LogP contribution is -2.26. The van der Waals surface area contributed by atoms with Gasteiger partial charge in [0, 0.05) is 18.3 Å². The molecule has 1 unspecified atom stereocenters. The van der Waals surface area contributed by atoms with Gasteiger partial charge < -0.3 is 16.4 Å². The van der Waals surface area contributed by atoms with Crippen molar-refractivity contribution in [2.75, 3.05) is 20.1 Å². The predicted molar refractivity (Wildman–Crippen MR) is 81.6 cm³/mol. The number of unbranched alkanes of at least 4 members (excludes halogenated alkanes) is 2. The molecule has 0 radical (unpaired) electrons. The van der Waals surface area contributed by atoms with Gasteiger partial charge in [-0.3, -0.25) is 0 Å². The minimum absolute atomic E-state index is 0.456. The van der Waals surface area contributed by atoms with Crippen molar-refractivity contribution in [2.45, 2.75) is 51.5 Å². The number of nitrogens with one attached hydrogen (secondary N) is 2. The first-order chi connectivity index (χ1) is 8.61. The maximum absolute atomic E-state index is 5.46. The van der Waals surface area contributed by atoms with E-state index in [2.05, 4.69) is 30.7 Å². The van der Waals surface area contributed by atoms with Gasteiger partial charge in [0.1, 0.15) is 0 Å². The van der Waals surface area contributed by atoms with Crippen molar-refractivity contribution in [3.05, 3.63) is 24.4 Å². The summed E-state index contributed by atoms with van der Waals surface area (Å²) in [6.45, 7) is 11.9. The van der Waals surface area contributed by atoms with E-state index < -0.39 is 0 Å². The zero-order valence-electron chi connectivity index (χ0n) is 12.2. The summed E-state index contributed by atoms with van der Waals surface area (Å²) in [5, 5.41) is 6.67. The first kappa shape index (κ1) is 17.2. The predicted octanol–water partition coefficient (Wildman–Crippen LogP) is 2.55. The molecule has 0 aromatic heterocycles. The van der Waals surface area contributed by atoms with E-state index >= 15 is 0 Å². The Morgan fingerprint density at radius 2 is 1.89 bits per heavy atom. The van der Waals surface area contributed by atoms with E-state index in [1.54, 1.807) is 0 Å². The van der Waals surface area contributed by atoms with Gasteiger partial charge in [0.05, 0.1) is 0 Å². The second-order valence-corrected chi connectivity index (χ2v) is 4.96. The van der Waals surface area contributed by atoms with Gasteiger partial charge in [-0.25, -0.2) is 0 Å². The normalized spacial score (nSPS) is 12.2. The molecule has 0 aliphatic heterocycles. The van der Waals surface area contributed by atoms with E-state index in [0.29, 0.717) is 6.04 Å². The summed E-state index contributed by atoms with van der Waals surface area (Å²) in [6, 6.07) is 0.456. The third-order valence-electron chi connectivity index (χ3n) is 3.17. The lowest BCUT2D eigenvalue weighted by Gasteiger charge is -2.16. The molecule has 0 aromatic carbocycles. The highest BCUT2D eigenvalue weighted by Crippen LogP contribution is 2.08. The quantitative estimate of drug-likeness (QED) is 0.370. The standard InChI is InChI=1S/C15H31N3/c1-13(2)15(17-4)10-6-8-12-18-14(3)9-5-7-11-16/h15,17-18H,1,3,5-12,16H2,2,4H3. The van der Waals surface area contributed by atoms with Gasteiger partial charge in [-0.1, -0.05) is 18.7 Å². The van der Waals surface area contributed by atoms with Crippen molar-refractivity contribution in [1.29, 1.82) is 0 Å². The highest BCUT2D eigenvalue weighted by molar-refractivity contribution is 5.00. The van der Waals surface area contributed by atoms with Crippen LogP contribution in [0.3, 0.4) is 0 Å². The van der Waals surface area contributed by atoms with Crippen LogP contribution in [0.4, 0.5) is 0 Å². The largest absolute Gasteiger partial charge is 0.389 e. The molecule has 1 atom stereocenters. The van der Waals surface area contributed by atoms with E-state index in [-0.39, 0.29) is 0 Å². The average molecular weight is 253 g/mol. The summed E-state index contributed by atoms with van der Waals surface area (Å²) < 4.78 is 0. The minimum Gasteiger partial charge on any atom is -0.389 e. The molecular weight excluding hydrogens is 222 g/mol. The van der Waals surface area contributed by atoms with Crippen molar-refractivity contribution < 1.29 is 0 Å². The molecule has 0 heterocycles. The van der Waals surface area contributed by atoms with E-state index in [0.717, 1.165) is 44.5 Å². The number of hydrogen-bond acceptors (Lipinski definition) is 3. The van der Waals surface area contributed by atoms with E-state index in [1.165, 1.54) is 18.4 Å². The molecule has 0 rings (SSSR count). The lowest BCUT2D eigenvalue weighted by molar-refractivity contribution is 0.537. The van der Waals surface area contributed by atoms with Crippen molar-refractivity contribution in [1.82, 2.24) is 10.6 Å². The molecule has 0 spiro atoms. The Morgan fingerprint density at radius 1 is 1.17 bits per heavy atom. The summed E-state index contributed by atoms with van der Waals surface area (Å²) in [5.74, 6) is 0. The first-order valence-corrected chi connectivity index (χ1v) is 7.06. The van der Waals surface area contributed by atoms with Crippen LogP contribution in [0.2, 0.25) is 0 Å². The van der Waals surface area contributed by atoms with Gasteiger partial charge in [-0.15, -0.1) is 0 Å². The topological polar surface area (TPSA) is 50.1 Å². The molecule has 0 aliphatic carbocycles. The van der Waals surface area contributed by atoms with Crippen molar-refractivity contribution >= 4 is 0 Å². The van der Waals surface area contributed by atoms with Crippen LogP contribution in [0.25, 0.3) is 0 Å². The summed E-state index contributed by atoms with van der Waals surface area (Å²) in [6.07, 6.45) is 6.82. The fourth-order valence-electron chi connectivity index (χ4n) is 1.95. The van der Waals surface area contributed by atoms with Gasteiger partial charge in [0.25, 0.3) is 0 Å². The summed E-state index contributed by atoms with van der Waals surface area (Å²) in [7, 11) is 2.00. The van der Waals surface area contributed by atoms with Crippen molar-refractivity contribution in [3.63, 3.8) is 0 Å². The second kappa shape index (κ2) is 11.3. The number of rotatable bonds is 12. The number of allylic oxidation sites excluding steroid dienone is 1. The molecule has 0 amide bonds. The molecule has 18 heavy (non-hydrogen) atoms. The van der Waals surface area contributed by atoms with Crippen LogP contribution in [-0.2, 0) is 0 Å². The number of likely N-dealkylation sites (N-methyl/N-ethyl adjacent to an activating group) is 1. The van der Waals surface area contributed by atoms with Crippen molar-refractivity contribution in [2.24, 2.45) is 5.73 Å². The Bertz CT molecular complexity index is 236. The Morgan fingerprint density at radius 3 is 2.44 bits per heavy atom. The van der Waals surface area contributed by atoms with Crippen LogP contribution in [0.1, 0.15) is 45.4 Å². The fraction of sp³-hybridized carbons (Fsp3) is 0.733. The molecule has 4 N–H and O–H groups in total. The Balaban J connectivity index is 3.44. The molecular formula is C15H31N3. The summed E-state index contributed by atoms with van der Waals surface area (Å²) >= 11 is 0. The van der Waals surface area contributed by atoms with Crippen LogP contribution >= 0.6 is 0 Å². The zero-order chi connectivity index (χ0) is 13.8. The van der Waals surface area contributed by atoms with Crippen LogP contribution < -0.4 is 16.4 Å². The SMILES string of the molecule is C=C(CCCCN)NCCCCC(NC)C(=C)C. The maximum atomic E-state index is 5.46. The highest BCUT2D eigenvalue weighted by atomic mass is 14.9. The van der Waals surface area contributed by atoms with Crippen LogP contribution in [0, 0.1) is 0 Å². The molecule has 3 heteroatoms. The Labute approximate surface area is 113 Å². The molecule has 0 aromatic rings. The summed E-state index contributed by atoms with van der Waals surface area (Å²) in [4.78, 5) is 0. The molecule has 0 fully saturated rings. The van der Waals surface area contributed by atoms with Crippen LogP contribution in [0.5, 0.6) is 0 Å². The Kier molecular flexibility index (Phi) is 10.8. The van der Waals surface area contributed by atoms with Crippen LogP contribution in [0.15, 0.2) is 24.4 Å². The second-order valence-electron chi connectivity index (χ2n) is 4.96. The highest BCUT2D eigenvalue weighted by Gasteiger charge is 2.05. The third kappa shape index (κ3) is 9.25. The fourth-order valence-corrected chi connectivity index (χ4v) is 1.95. The van der Waals surface area contributed by atoms with Gasteiger partial charge in [-0.2, -0.15) is 0 Å². The lowest BCUT2D eigenvalue weighted by atomic mass is 10.0. The van der Waals surface area contributed by atoms with Gasteiger partial charge in [-0.05, 0) is 59.0 Å². The molecule has 106 valence electrons. The van der Waals surface area contributed by atoms with Gasteiger partial charge >= 0.3 is 0 Å². The van der Waals surface area contributed by atoms with Gasteiger partial charge in [0.15, 0.2) is 0 Å². The molecule has 3 nitrogen and oxygen atoms in total. The number of hydrogen-bond donors (Lipinski definition) is 3. The molecule has 0 aliphatic rings. The Hall–Kier alpha value is -0.800.